The van der Waals surface area contributed by atoms with Gasteiger partial charge in [0.05, 0.1) is 0 Å². The number of fused-ring (bicyclic) bond motifs is 2. The third-order valence-electron chi connectivity index (χ3n) is 9.12. The number of allylic oxidation sites excluding steroid dienone is 1. The molecule has 13 nitrogen and oxygen atoms in total. The lowest BCUT2D eigenvalue weighted by atomic mass is 9.78. The van der Waals surface area contributed by atoms with Crippen LogP contribution in [0.4, 0.5) is 0 Å². The summed E-state index contributed by atoms with van der Waals surface area (Å²) in [5.74, 6) is -12.3. The number of hydrogen-bond acceptors (Lipinski definition) is 10. The van der Waals surface area contributed by atoms with Crippen LogP contribution in [0.1, 0.15) is 65.9 Å². The Bertz CT molecular complexity index is 1390. The number of aliphatic carboxylic acids is 3. The SMILES string of the molecule is C=C(CC[C@]12O[C@H](C(=O)O)[C@H](C(=O)O)[C@](C(=O)O)(O1)[C@H](OC(=O)/C=C/C(C)CC(C)CC)[C@H]2O)C(OC(C)=O)C(C)Cc1ccccc1. The summed E-state index contributed by atoms with van der Waals surface area (Å²) in [6.07, 6.45) is -3.35. The molecular formula is C35H46O13. The number of ether oxygens (including phenoxy) is 4. The minimum absolute atomic E-state index is 0.0665. The Balaban J connectivity index is 1.97. The van der Waals surface area contributed by atoms with E-state index in [-0.39, 0.29) is 18.3 Å². The quantitative estimate of drug-likeness (QED) is 0.106. The molecule has 13 heteroatoms. The normalized spacial score (nSPS) is 29.0. The monoisotopic (exact) mass is 674 g/mol. The first-order chi connectivity index (χ1) is 22.5. The number of carboxylic acids is 3. The molecule has 0 saturated carbocycles. The first-order valence-electron chi connectivity index (χ1n) is 16.0. The van der Waals surface area contributed by atoms with Crippen LogP contribution in [0.5, 0.6) is 0 Å². The van der Waals surface area contributed by atoms with Crippen LogP contribution in [-0.2, 0) is 49.3 Å². The summed E-state index contributed by atoms with van der Waals surface area (Å²) in [7, 11) is 0. The van der Waals surface area contributed by atoms with E-state index in [1.165, 1.54) is 6.92 Å². The largest absolute Gasteiger partial charge is 0.481 e. The van der Waals surface area contributed by atoms with Gasteiger partial charge in [-0.15, -0.1) is 0 Å². The van der Waals surface area contributed by atoms with Crippen molar-refractivity contribution >= 4 is 29.8 Å². The van der Waals surface area contributed by atoms with Gasteiger partial charge >= 0.3 is 29.8 Å². The molecule has 2 saturated heterocycles. The molecule has 4 unspecified atom stereocenters. The first kappa shape index (κ1) is 38.4. The van der Waals surface area contributed by atoms with Gasteiger partial charge in [-0.1, -0.05) is 77.1 Å². The molecule has 0 spiro atoms. The summed E-state index contributed by atoms with van der Waals surface area (Å²) in [4.78, 5) is 62.8. The van der Waals surface area contributed by atoms with E-state index in [1.54, 1.807) is 6.08 Å². The zero-order valence-corrected chi connectivity index (χ0v) is 27.9. The Hall–Kier alpha value is -4.07. The molecule has 0 aromatic heterocycles. The third-order valence-corrected chi connectivity index (χ3v) is 9.12. The van der Waals surface area contributed by atoms with Crippen molar-refractivity contribution in [2.75, 3.05) is 0 Å². The van der Waals surface area contributed by atoms with Gasteiger partial charge in [0.15, 0.2) is 12.2 Å². The van der Waals surface area contributed by atoms with E-state index in [0.717, 1.165) is 24.5 Å². The lowest BCUT2D eigenvalue weighted by molar-refractivity contribution is -0.342. The molecule has 3 rings (SSSR count). The van der Waals surface area contributed by atoms with E-state index in [9.17, 15) is 44.4 Å². The van der Waals surface area contributed by atoms with Gasteiger partial charge in [-0.2, -0.15) is 0 Å². The first-order valence-corrected chi connectivity index (χ1v) is 16.0. The Kier molecular flexibility index (Phi) is 12.7. The number of benzene rings is 1. The molecule has 2 aliphatic rings. The predicted molar refractivity (Wildman–Crippen MR) is 169 cm³/mol. The van der Waals surface area contributed by atoms with Crippen molar-refractivity contribution in [2.24, 2.45) is 23.7 Å². The van der Waals surface area contributed by atoms with Gasteiger partial charge < -0.3 is 39.4 Å². The number of aliphatic hydroxyl groups is 1. The standard InChI is InChI=1S/C35H46O13/c1-7-19(2)17-20(3)13-14-25(37)46-30-29(38)34(47-28(32(41)42)26(31(39)40)35(30,48-34)33(43)44)16-15-21(4)27(45-23(6)36)22(5)18-24-11-9-8-10-12-24/h8-14,19-20,22,26-30,38H,4,7,15-18H2,1-3,5-6H3,(H,39,40)(H,41,42)(H,43,44)/b14-13+/t19?,20?,22?,26-,27?,28+,29-,30-,34+,35+/m1/s1. The smallest absolute Gasteiger partial charge is 0.341 e. The summed E-state index contributed by atoms with van der Waals surface area (Å²) in [6, 6.07) is 9.39. The molecular weight excluding hydrogens is 628 g/mol. The van der Waals surface area contributed by atoms with Crippen molar-refractivity contribution in [2.45, 2.75) is 103 Å². The second-order valence-corrected chi connectivity index (χ2v) is 12.9. The second kappa shape index (κ2) is 15.9. The van der Waals surface area contributed by atoms with Crippen LogP contribution in [0.15, 0.2) is 54.6 Å². The van der Waals surface area contributed by atoms with E-state index in [4.69, 9.17) is 18.9 Å². The van der Waals surface area contributed by atoms with Gasteiger partial charge in [0.1, 0.15) is 18.1 Å². The minimum Gasteiger partial charge on any atom is -0.481 e. The number of esters is 2. The van der Waals surface area contributed by atoms with E-state index in [0.29, 0.717) is 17.9 Å². The van der Waals surface area contributed by atoms with Gasteiger partial charge in [0.2, 0.25) is 11.4 Å². The number of rotatable bonds is 17. The van der Waals surface area contributed by atoms with Crippen molar-refractivity contribution in [1.29, 1.82) is 0 Å². The number of carbonyl (C=O) groups is 5. The van der Waals surface area contributed by atoms with Crippen LogP contribution >= 0.6 is 0 Å². The molecule has 4 N–H and O–H groups in total. The van der Waals surface area contributed by atoms with Crippen LogP contribution in [0, 0.1) is 23.7 Å². The Labute approximate surface area is 279 Å². The highest BCUT2D eigenvalue weighted by molar-refractivity contribution is 5.93. The molecule has 1 aromatic rings. The van der Waals surface area contributed by atoms with Crippen LogP contribution in [0.2, 0.25) is 0 Å². The summed E-state index contributed by atoms with van der Waals surface area (Å²) in [6.45, 7) is 13.1. The Morgan fingerprint density at radius 3 is 2.23 bits per heavy atom. The lowest BCUT2D eigenvalue weighted by Crippen LogP contribution is -2.66. The number of aliphatic hydroxyl groups excluding tert-OH is 1. The fourth-order valence-corrected chi connectivity index (χ4v) is 6.56. The Morgan fingerprint density at radius 2 is 1.69 bits per heavy atom. The lowest BCUT2D eigenvalue weighted by Gasteiger charge is -2.44. The summed E-state index contributed by atoms with van der Waals surface area (Å²) < 4.78 is 22.5. The molecule has 0 aliphatic carbocycles. The van der Waals surface area contributed by atoms with Gasteiger partial charge in [-0.3, -0.25) is 9.59 Å². The summed E-state index contributed by atoms with van der Waals surface area (Å²) in [5, 5.41) is 42.1. The van der Waals surface area contributed by atoms with Crippen LogP contribution in [-0.4, -0.2) is 86.1 Å². The summed E-state index contributed by atoms with van der Waals surface area (Å²) in [5.41, 5.74) is -1.77. The highest BCUT2D eigenvalue weighted by Crippen LogP contribution is 2.54. The maximum atomic E-state index is 13.0. The zero-order chi connectivity index (χ0) is 36.0. The maximum absolute atomic E-state index is 13.0. The Morgan fingerprint density at radius 1 is 1.04 bits per heavy atom. The average Bonchev–Trinajstić information content (AvgIpc) is 3.20. The van der Waals surface area contributed by atoms with E-state index in [2.05, 4.69) is 6.58 Å². The fourth-order valence-electron chi connectivity index (χ4n) is 6.56. The van der Waals surface area contributed by atoms with Crippen LogP contribution < -0.4 is 0 Å². The van der Waals surface area contributed by atoms with E-state index >= 15 is 0 Å². The van der Waals surface area contributed by atoms with Crippen molar-refractivity contribution in [1.82, 2.24) is 0 Å². The van der Waals surface area contributed by atoms with Crippen LogP contribution in [0.3, 0.4) is 0 Å². The number of carboxylic acid groups (broad SMARTS) is 3. The molecule has 2 aliphatic heterocycles. The number of hydrogen-bond donors (Lipinski definition) is 4. The molecule has 1 aromatic carbocycles. The number of carbonyl (C=O) groups excluding carboxylic acids is 2. The van der Waals surface area contributed by atoms with E-state index < -0.39 is 78.0 Å². The van der Waals surface area contributed by atoms with Crippen molar-refractivity contribution in [3.05, 3.63) is 60.2 Å². The van der Waals surface area contributed by atoms with Crippen molar-refractivity contribution in [3.63, 3.8) is 0 Å². The van der Waals surface area contributed by atoms with Gasteiger partial charge in [-0.25, -0.2) is 14.4 Å². The van der Waals surface area contributed by atoms with Crippen molar-refractivity contribution < 1.29 is 63.3 Å². The molecule has 2 heterocycles. The highest BCUT2D eigenvalue weighted by Gasteiger charge is 2.79. The molecule has 0 radical (unpaired) electrons. The maximum Gasteiger partial charge on any atom is 0.341 e. The van der Waals surface area contributed by atoms with Gasteiger partial charge in [0, 0.05) is 25.3 Å². The molecule has 48 heavy (non-hydrogen) atoms. The topological polar surface area (TPSA) is 203 Å². The second-order valence-electron chi connectivity index (χ2n) is 12.9. The zero-order valence-electron chi connectivity index (χ0n) is 27.9. The highest BCUT2D eigenvalue weighted by atomic mass is 16.8. The third kappa shape index (κ3) is 8.31. The molecule has 264 valence electrons. The predicted octanol–water partition coefficient (Wildman–Crippen LogP) is 3.77. The molecule has 2 fully saturated rings. The molecule has 10 atom stereocenters. The van der Waals surface area contributed by atoms with Gasteiger partial charge in [0.25, 0.3) is 0 Å². The van der Waals surface area contributed by atoms with Crippen LogP contribution in [0.25, 0.3) is 0 Å². The minimum atomic E-state index is -3.05. The fraction of sp³-hybridized carbons (Fsp3) is 0.571. The molecule has 0 amide bonds. The van der Waals surface area contributed by atoms with Gasteiger partial charge in [-0.05, 0) is 42.2 Å². The van der Waals surface area contributed by atoms with Crippen molar-refractivity contribution in [3.8, 4) is 0 Å². The average molecular weight is 675 g/mol. The van der Waals surface area contributed by atoms with E-state index in [1.807, 2.05) is 58.0 Å². The summed E-state index contributed by atoms with van der Waals surface area (Å²) >= 11 is 0. The molecule has 2 bridgehead atoms.